The summed E-state index contributed by atoms with van der Waals surface area (Å²) in [5.41, 5.74) is -2.02. The van der Waals surface area contributed by atoms with Gasteiger partial charge in [0.15, 0.2) is 5.82 Å². The average molecular weight is 605 g/mol. The molecule has 0 spiro atoms. The molecule has 2 aromatic heterocycles. The van der Waals surface area contributed by atoms with Crippen molar-refractivity contribution in [3.63, 3.8) is 0 Å². The van der Waals surface area contributed by atoms with E-state index >= 15 is 0 Å². The van der Waals surface area contributed by atoms with Crippen LogP contribution in [0.15, 0.2) is 24.4 Å². The van der Waals surface area contributed by atoms with E-state index in [1.165, 1.54) is 0 Å². The number of halogens is 6. The summed E-state index contributed by atoms with van der Waals surface area (Å²) in [7, 11) is 0. The summed E-state index contributed by atoms with van der Waals surface area (Å²) in [4.78, 5) is 20.0. The van der Waals surface area contributed by atoms with Crippen LogP contribution in [0.25, 0.3) is 10.9 Å². The number of aryl methyl sites for hydroxylation is 1. The summed E-state index contributed by atoms with van der Waals surface area (Å²) < 4.78 is 79.2. The van der Waals surface area contributed by atoms with E-state index in [4.69, 9.17) is 0 Å². The number of hydrogen-bond acceptors (Lipinski definition) is 7. The first kappa shape index (κ1) is 29.6. The number of thiazole rings is 1. The molecule has 1 saturated heterocycles. The van der Waals surface area contributed by atoms with Gasteiger partial charge in [0.1, 0.15) is 12.1 Å². The highest BCUT2D eigenvalue weighted by molar-refractivity contribution is 7.11. The third-order valence-corrected chi connectivity index (χ3v) is 9.05. The van der Waals surface area contributed by atoms with E-state index in [9.17, 15) is 36.2 Å². The molecule has 0 bridgehead atoms. The van der Waals surface area contributed by atoms with E-state index in [2.05, 4.69) is 25.6 Å². The van der Waals surface area contributed by atoms with Crippen LogP contribution < -0.4 is 10.6 Å². The van der Waals surface area contributed by atoms with Crippen LogP contribution in [0, 0.1) is 0 Å². The maximum atomic E-state index is 13.2. The van der Waals surface area contributed by atoms with Crippen molar-refractivity contribution in [1.82, 2.24) is 25.0 Å². The highest BCUT2D eigenvalue weighted by Gasteiger charge is 2.41. The first-order chi connectivity index (χ1) is 19.2. The zero-order chi connectivity index (χ0) is 29.6. The number of carbonyl (C=O) groups is 1. The molecule has 0 radical (unpaired) electrons. The van der Waals surface area contributed by atoms with Crippen molar-refractivity contribution in [2.24, 2.45) is 0 Å². The van der Waals surface area contributed by atoms with Crippen molar-refractivity contribution in [1.29, 1.82) is 0 Å². The van der Waals surface area contributed by atoms with E-state index in [-0.39, 0.29) is 35.3 Å². The van der Waals surface area contributed by atoms with Crippen LogP contribution in [-0.4, -0.2) is 68.6 Å². The van der Waals surface area contributed by atoms with E-state index < -0.39 is 36.0 Å². The molecule has 0 unspecified atom stereocenters. The van der Waals surface area contributed by atoms with Gasteiger partial charge >= 0.3 is 12.4 Å². The minimum atomic E-state index is -4.69. The van der Waals surface area contributed by atoms with Gasteiger partial charge in [-0.05, 0) is 50.3 Å². The normalized spacial score (nSPS) is 22.6. The van der Waals surface area contributed by atoms with Gasteiger partial charge in [0, 0.05) is 30.7 Å². The second kappa shape index (κ2) is 11.1. The lowest BCUT2D eigenvalue weighted by molar-refractivity contribution is -0.142. The molecule has 2 aliphatic rings. The Morgan fingerprint density at radius 3 is 2.49 bits per heavy atom. The molecule has 2 fully saturated rings. The summed E-state index contributed by atoms with van der Waals surface area (Å²) in [5.74, 6) is -0.683. The van der Waals surface area contributed by atoms with Gasteiger partial charge in [0.25, 0.3) is 0 Å². The Morgan fingerprint density at radius 2 is 1.88 bits per heavy atom. The number of nitrogens with zero attached hydrogens (tertiary/aromatic N) is 4. The number of amides is 1. The summed E-state index contributed by atoms with van der Waals surface area (Å²) in [6.45, 7) is 1.42. The molecule has 8 nitrogen and oxygen atoms in total. The van der Waals surface area contributed by atoms with Gasteiger partial charge in [-0.1, -0.05) is 6.92 Å². The Labute approximate surface area is 235 Å². The van der Waals surface area contributed by atoms with Crippen LogP contribution in [0.3, 0.4) is 0 Å². The lowest BCUT2D eigenvalue weighted by Gasteiger charge is -2.48. The Balaban J connectivity index is 1.13. The number of aliphatic hydroxyl groups is 1. The number of hydrogen-bond donors (Lipinski definition) is 3. The van der Waals surface area contributed by atoms with Crippen molar-refractivity contribution in [2.45, 2.75) is 75.6 Å². The fraction of sp³-hybridized carbons (Fsp3) is 0.577. The molecule has 3 N–H and O–H groups in total. The van der Waals surface area contributed by atoms with Crippen molar-refractivity contribution >= 4 is 34.0 Å². The third-order valence-electron chi connectivity index (χ3n) is 7.71. The van der Waals surface area contributed by atoms with Crippen LogP contribution >= 0.6 is 11.3 Å². The van der Waals surface area contributed by atoms with Crippen molar-refractivity contribution in [3.05, 3.63) is 39.8 Å². The maximum Gasteiger partial charge on any atom is 0.416 e. The monoisotopic (exact) mass is 604 g/mol. The predicted molar refractivity (Wildman–Crippen MR) is 140 cm³/mol. The van der Waals surface area contributed by atoms with Gasteiger partial charge in [-0.3, -0.25) is 14.4 Å². The van der Waals surface area contributed by atoms with Gasteiger partial charge in [0.05, 0.1) is 33.6 Å². The molecule has 224 valence electrons. The third kappa shape index (κ3) is 6.61. The van der Waals surface area contributed by atoms with E-state index in [1.54, 1.807) is 17.5 Å². The number of nitrogens with one attached hydrogen (secondary N) is 2. The minimum absolute atomic E-state index is 0.130. The van der Waals surface area contributed by atoms with Gasteiger partial charge < -0.3 is 15.7 Å². The fourth-order valence-corrected chi connectivity index (χ4v) is 6.50. The maximum absolute atomic E-state index is 13.2. The Bertz CT molecular complexity index is 1390. The molecule has 5 rings (SSSR count). The number of anilines is 1. The zero-order valence-corrected chi connectivity index (χ0v) is 23.0. The number of fused-ring (bicyclic) bond motifs is 1. The second-order valence-electron chi connectivity index (χ2n) is 10.7. The smallest absolute Gasteiger partial charge is 0.384 e. The summed E-state index contributed by atoms with van der Waals surface area (Å²) in [6.07, 6.45) is -3.85. The Hall–Kier alpha value is -2.91. The molecule has 1 aliphatic carbocycles. The molecular weight excluding hydrogens is 574 g/mol. The quantitative estimate of drug-likeness (QED) is 0.324. The van der Waals surface area contributed by atoms with Crippen LogP contribution in [0.1, 0.15) is 48.1 Å². The van der Waals surface area contributed by atoms with Gasteiger partial charge in [-0.25, -0.2) is 4.98 Å². The number of likely N-dealkylation sites (tertiary alicyclic amines) is 1. The molecule has 3 aromatic rings. The van der Waals surface area contributed by atoms with Crippen LogP contribution in [0.5, 0.6) is 0 Å². The molecule has 1 aliphatic heterocycles. The highest BCUT2D eigenvalue weighted by Crippen LogP contribution is 2.41. The van der Waals surface area contributed by atoms with E-state index in [1.807, 2.05) is 6.92 Å². The minimum Gasteiger partial charge on any atom is -0.384 e. The van der Waals surface area contributed by atoms with Crippen molar-refractivity contribution < 1.29 is 36.2 Å². The van der Waals surface area contributed by atoms with Crippen molar-refractivity contribution in [2.75, 3.05) is 25.0 Å². The molecule has 41 heavy (non-hydrogen) atoms. The van der Waals surface area contributed by atoms with Gasteiger partial charge in [-0.2, -0.15) is 31.4 Å². The first-order valence-electron chi connectivity index (χ1n) is 13.3. The molecule has 0 atom stereocenters. The molecule has 1 amide bonds. The highest BCUT2D eigenvalue weighted by atomic mass is 32.1. The topological polar surface area (TPSA) is 95.3 Å². The first-order valence-corrected chi connectivity index (χ1v) is 14.1. The molecule has 1 aromatic carbocycles. The zero-order valence-electron chi connectivity index (χ0n) is 22.1. The number of carbonyl (C=O) groups excluding carboxylic acids is 1. The van der Waals surface area contributed by atoms with Crippen molar-refractivity contribution in [3.8, 4) is 0 Å². The van der Waals surface area contributed by atoms with Crippen LogP contribution in [0.4, 0.5) is 32.2 Å². The van der Waals surface area contributed by atoms with Crippen LogP contribution in [-0.2, 0) is 29.5 Å². The lowest BCUT2D eigenvalue weighted by Crippen LogP contribution is -2.63. The fourth-order valence-electron chi connectivity index (χ4n) is 5.50. The lowest BCUT2D eigenvalue weighted by atomic mass is 9.80. The Morgan fingerprint density at radius 1 is 1.17 bits per heavy atom. The number of aromatic nitrogens is 3. The largest absolute Gasteiger partial charge is 0.416 e. The number of rotatable bonds is 8. The Kier molecular flexibility index (Phi) is 7.98. The summed E-state index contributed by atoms with van der Waals surface area (Å²) in [6, 6.07) is 2.52. The SMILES string of the molecule is CCc1ncc(C2(O)CCC(N3CC(NC(=O)CNc4nn(CC(F)(F)F)c5ccc(C(F)(F)F)cc45)C3)CC2)s1. The number of alkyl halides is 6. The van der Waals surface area contributed by atoms with Gasteiger partial charge in [-0.15, -0.1) is 11.3 Å². The molecule has 1 saturated carbocycles. The molecule has 3 heterocycles. The molecular formula is C26H30F6N6O2S. The second-order valence-corrected chi connectivity index (χ2v) is 11.8. The van der Waals surface area contributed by atoms with Crippen LogP contribution in [0.2, 0.25) is 0 Å². The van der Waals surface area contributed by atoms with E-state index in [0.717, 1.165) is 41.3 Å². The summed E-state index contributed by atoms with van der Waals surface area (Å²) in [5, 5.41) is 21.2. The average Bonchev–Trinajstić information content (AvgIpc) is 3.49. The molecule has 15 heteroatoms. The standard InChI is InChI=1S/C26H30F6N6O2S/c1-2-22-33-10-20(41-22)24(40)7-5-17(6-8-24)37-12-16(13-37)35-21(39)11-34-23-18-9-15(26(30,31)32)3-4-19(18)38(36-23)14-25(27,28)29/h3-4,9-10,16-17,40H,2,5-8,11-14H2,1H3,(H,34,36)(H,35,39). The van der Waals surface area contributed by atoms with E-state index in [0.29, 0.717) is 36.7 Å². The predicted octanol–water partition coefficient (Wildman–Crippen LogP) is 4.68. The van der Waals surface area contributed by atoms with Gasteiger partial charge in [0.2, 0.25) is 5.91 Å². The summed E-state index contributed by atoms with van der Waals surface area (Å²) >= 11 is 1.55. The number of benzene rings is 1.